The highest BCUT2D eigenvalue weighted by molar-refractivity contribution is 8.07. The minimum atomic E-state index is -5.62. The van der Waals surface area contributed by atoms with Crippen LogP contribution in [0.1, 0.15) is 13.3 Å². The fraction of sp³-hybridized carbons (Fsp3) is 1.00. The van der Waals surface area contributed by atoms with E-state index in [9.17, 15) is 24.6 Å². The molecule has 0 N–H and O–H groups in total. The van der Waals surface area contributed by atoms with Gasteiger partial charge in [0.15, 0.2) is 0 Å². The average Bonchev–Trinajstić information content (AvgIpc) is 1.73. The summed E-state index contributed by atoms with van der Waals surface area (Å²) in [5.41, 5.74) is 0. The summed E-state index contributed by atoms with van der Waals surface area (Å²) in [6.45, 7) is 3.49. The van der Waals surface area contributed by atoms with Gasteiger partial charge in [0.2, 0.25) is 20.8 Å². The molecule has 10 heteroatoms. The highest BCUT2D eigenvalue weighted by Crippen LogP contribution is 2.11. The summed E-state index contributed by atoms with van der Waals surface area (Å²) in [4.78, 5) is 0. The largest absolute Gasteiger partial charge is 0.379 e. The number of nitrogens with zero attached hydrogens (tertiary/aromatic N) is 2. The topological polar surface area (TPSA) is 82.4 Å². The summed E-state index contributed by atoms with van der Waals surface area (Å²) in [6, 6.07) is 0. The number of hydrogen-bond acceptors (Lipinski definition) is 4. The van der Waals surface area contributed by atoms with E-state index in [1.165, 1.54) is 13.0 Å². The van der Waals surface area contributed by atoms with Crippen LogP contribution in [0, 0.1) is 0 Å². The maximum Gasteiger partial charge on any atom is 0.241 e. The quantitative estimate of drug-likeness (QED) is 0.566. The van der Waals surface area contributed by atoms with Crippen LogP contribution in [-0.2, 0) is 20.8 Å². The lowest BCUT2D eigenvalue weighted by atomic mass is 10.4. The molecule has 0 unspecified atom stereocenters. The average molecular weight is 282 g/mol. The molecular weight excluding hydrogens is 266 g/mol. The van der Waals surface area contributed by atoms with E-state index < -0.39 is 20.8 Å². The van der Waals surface area contributed by atoms with Crippen LogP contribution in [0.2, 0.25) is 0 Å². The first kappa shape index (κ1) is 18.1. The van der Waals surface area contributed by atoms with Gasteiger partial charge >= 0.3 is 0 Å². The van der Waals surface area contributed by atoms with Crippen LogP contribution in [0.4, 0.5) is 7.77 Å². The second-order valence-electron chi connectivity index (χ2n) is 3.91. The summed E-state index contributed by atoms with van der Waals surface area (Å²) in [6.07, 6.45) is 1.28. The van der Waals surface area contributed by atoms with E-state index in [2.05, 4.69) is 28.1 Å². The minimum absolute atomic E-state index is 1.09. The third-order valence-electron chi connectivity index (χ3n) is 1.07. The molecule has 0 aliphatic rings. The predicted molar refractivity (Wildman–Crippen MR) is 56.6 cm³/mol. The maximum atomic E-state index is 11.1. The van der Waals surface area contributed by atoms with Crippen molar-refractivity contribution in [3.05, 3.63) is 4.13 Å². The molecule has 0 aliphatic carbocycles. The summed E-state index contributed by atoms with van der Waals surface area (Å²) in [7, 11) is -4.60. The highest BCUT2D eigenvalue weighted by Gasteiger charge is 2.01. The third kappa shape index (κ3) is 23.5. The monoisotopic (exact) mass is 282 g/mol. The fourth-order valence-electron chi connectivity index (χ4n) is 0.777. The Bertz CT molecular complexity index is 355. The van der Waals surface area contributed by atoms with Crippen LogP contribution >= 0.6 is 0 Å². The summed E-state index contributed by atoms with van der Waals surface area (Å²) in [5.74, 6) is 0. The van der Waals surface area contributed by atoms with E-state index in [4.69, 9.17) is 0 Å². The number of quaternary nitrogens is 1. The van der Waals surface area contributed by atoms with Crippen molar-refractivity contribution in [1.29, 1.82) is 0 Å². The van der Waals surface area contributed by atoms with Gasteiger partial charge in [-0.1, -0.05) is 6.92 Å². The molecule has 6 nitrogen and oxygen atoms in total. The number of halogens is 2. The van der Waals surface area contributed by atoms with Crippen LogP contribution in [-0.4, -0.2) is 49.0 Å². The van der Waals surface area contributed by atoms with E-state index in [0.717, 1.165) is 8.61 Å². The van der Waals surface area contributed by atoms with Crippen molar-refractivity contribution in [3.63, 3.8) is 0 Å². The summed E-state index contributed by atoms with van der Waals surface area (Å²) in [5, 5.41) is 0. The number of rotatable bonds is 4. The molecular formula is C6H16F2N2O4S2. The third-order valence-corrected chi connectivity index (χ3v) is 2.50. The van der Waals surface area contributed by atoms with Gasteiger partial charge in [0.1, 0.15) is 0 Å². The molecule has 0 rings (SSSR count). The van der Waals surface area contributed by atoms with E-state index in [1.807, 2.05) is 0 Å². The standard InChI is InChI=1S/C6H16N.F2NO4S2/c1-5-6-7(2,3)4;1-8(4,5)3-9(2,6)7/h5-6H2,1-4H3;/q+1;-1. The summed E-state index contributed by atoms with van der Waals surface area (Å²) >= 11 is 0. The Balaban J connectivity index is 0. The van der Waals surface area contributed by atoms with Gasteiger partial charge in [-0.25, -0.2) is 16.8 Å². The van der Waals surface area contributed by atoms with Gasteiger partial charge < -0.3 is 8.61 Å². The van der Waals surface area contributed by atoms with Gasteiger partial charge in [-0.3, -0.25) is 0 Å². The smallest absolute Gasteiger partial charge is 0.241 e. The Kier molecular flexibility index (Phi) is 7.25. The first-order chi connectivity index (χ1) is 6.77. The lowest BCUT2D eigenvalue weighted by Gasteiger charge is -2.22. The molecule has 0 saturated carbocycles. The van der Waals surface area contributed by atoms with Crippen molar-refractivity contribution in [2.24, 2.45) is 0 Å². The Morgan fingerprint density at radius 1 is 1.00 bits per heavy atom. The zero-order valence-electron chi connectivity index (χ0n) is 9.51. The molecule has 0 fully saturated rings. The molecule has 0 aromatic carbocycles. The molecule has 0 amide bonds. The predicted octanol–water partition coefficient (Wildman–Crippen LogP) is 0.891. The van der Waals surface area contributed by atoms with Crippen molar-refractivity contribution in [1.82, 2.24) is 0 Å². The Labute approximate surface area is 95.5 Å². The lowest BCUT2D eigenvalue weighted by molar-refractivity contribution is -0.870. The second-order valence-corrected chi connectivity index (χ2v) is 6.16. The van der Waals surface area contributed by atoms with Crippen LogP contribution in [0.5, 0.6) is 0 Å². The van der Waals surface area contributed by atoms with Gasteiger partial charge in [0.25, 0.3) is 0 Å². The molecule has 0 atom stereocenters. The molecule has 0 saturated heterocycles. The molecule has 0 spiro atoms. The molecule has 0 bridgehead atoms. The molecule has 0 heterocycles. The van der Waals surface area contributed by atoms with Gasteiger partial charge in [-0.05, 0) is 6.42 Å². The first-order valence-corrected chi connectivity index (χ1v) is 6.89. The normalized spacial score (nSPS) is 12.9. The molecule has 0 radical (unpaired) electrons. The summed E-state index contributed by atoms with van der Waals surface area (Å²) < 4.78 is 61.2. The second kappa shape index (κ2) is 6.42. The van der Waals surface area contributed by atoms with Crippen molar-refractivity contribution in [2.45, 2.75) is 13.3 Å². The SMILES string of the molecule is CCC[N+](C)(C)C.O=S(=O)(F)[N-]S(=O)(=O)F. The Morgan fingerprint density at radius 3 is 1.31 bits per heavy atom. The van der Waals surface area contributed by atoms with Crippen molar-refractivity contribution < 1.29 is 29.1 Å². The molecule has 100 valence electrons. The van der Waals surface area contributed by atoms with Crippen molar-refractivity contribution in [3.8, 4) is 0 Å². The minimum Gasteiger partial charge on any atom is -0.379 e. The molecule has 0 aromatic rings. The van der Waals surface area contributed by atoms with Gasteiger partial charge in [-0.15, -0.1) is 7.77 Å². The van der Waals surface area contributed by atoms with Crippen molar-refractivity contribution in [2.75, 3.05) is 27.7 Å². The lowest BCUT2D eigenvalue weighted by Crippen LogP contribution is -2.34. The zero-order chi connectivity index (χ0) is 13.6. The number of hydrogen-bond donors (Lipinski definition) is 0. The van der Waals surface area contributed by atoms with Crippen LogP contribution in [0.3, 0.4) is 0 Å². The van der Waals surface area contributed by atoms with Gasteiger partial charge in [0.05, 0.1) is 27.7 Å². The Hall–Kier alpha value is -0.320. The molecule has 0 aromatic heterocycles. The zero-order valence-corrected chi connectivity index (χ0v) is 11.1. The van der Waals surface area contributed by atoms with E-state index in [1.54, 1.807) is 0 Å². The van der Waals surface area contributed by atoms with Gasteiger partial charge in [0, 0.05) is 0 Å². The van der Waals surface area contributed by atoms with Crippen LogP contribution in [0.15, 0.2) is 0 Å². The van der Waals surface area contributed by atoms with Crippen LogP contribution in [0.25, 0.3) is 4.13 Å². The molecule has 16 heavy (non-hydrogen) atoms. The van der Waals surface area contributed by atoms with Crippen molar-refractivity contribution >= 4 is 20.8 Å². The Morgan fingerprint density at radius 2 is 1.31 bits per heavy atom. The first-order valence-electron chi connectivity index (χ1n) is 4.21. The fourth-order valence-corrected chi connectivity index (χ4v) is 1.63. The molecule has 0 aliphatic heterocycles. The van der Waals surface area contributed by atoms with E-state index in [-0.39, 0.29) is 0 Å². The van der Waals surface area contributed by atoms with E-state index in [0.29, 0.717) is 0 Å². The maximum absolute atomic E-state index is 11.1. The van der Waals surface area contributed by atoms with Gasteiger partial charge in [-0.2, -0.15) is 0 Å². The van der Waals surface area contributed by atoms with E-state index >= 15 is 0 Å². The van der Waals surface area contributed by atoms with Crippen LogP contribution < -0.4 is 0 Å². The highest BCUT2D eigenvalue weighted by atomic mass is 32.3.